The Morgan fingerprint density at radius 2 is 1.96 bits per heavy atom. The fraction of sp³-hybridized carbons (Fsp3) is 0.412. The van der Waals surface area contributed by atoms with Crippen molar-refractivity contribution < 1.29 is 28.5 Å². The summed E-state index contributed by atoms with van der Waals surface area (Å²) in [6, 6.07) is 0. The van der Waals surface area contributed by atoms with E-state index in [9.17, 15) is 9.59 Å². The summed E-state index contributed by atoms with van der Waals surface area (Å²) >= 11 is 0. The second-order valence-electron chi connectivity index (χ2n) is 4.95. The third-order valence-corrected chi connectivity index (χ3v) is 3.39. The molecule has 1 aliphatic carbocycles. The molecule has 24 heavy (non-hydrogen) atoms. The van der Waals surface area contributed by atoms with Crippen LogP contribution in [0.3, 0.4) is 0 Å². The molecule has 0 aliphatic heterocycles. The first-order valence-electron chi connectivity index (χ1n) is 7.67. The lowest BCUT2D eigenvalue weighted by Gasteiger charge is -2.13. The molecule has 0 spiro atoms. The number of carbonyl (C=O) groups excluding carboxylic acids is 2. The minimum Gasteiger partial charge on any atom is -0.494 e. The Balaban J connectivity index is 2.93. The molecule has 1 unspecified atom stereocenters. The first-order chi connectivity index (χ1) is 11.5. The molecule has 0 heterocycles. The minimum atomic E-state index is -0.428. The Hall–Kier alpha value is -2.28. The molecule has 0 aromatic carbocycles. The molecular weight excluding hydrogens is 311 g/mol. The van der Waals surface area contributed by atoms with Crippen LogP contribution < -0.4 is 0 Å². The van der Waals surface area contributed by atoms with Crippen molar-refractivity contribution in [3.05, 3.63) is 47.2 Å². The van der Waals surface area contributed by atoms with E-state index in [1.165, 1.54) is 20.3 Å². The van der Waals surface area contributed by atoms with Gasteiger partial charge in [0, 0.05) is 13.2 Å². The second kappa shape index (κ2) is 10.5. The van der Waals surface area contributed by atoms with Crippen molar-refractivity contribution in [1.82, 2.24) is 0 Å². The summed E-state index contributed by atoms with van der Waals surface area (Å²) in [6.45, 7) is 2.22. The van der Waals surface area contributed by atoms with E-state index in [0.717, 1.165) is 18.3 Å². The van der Waals surface area contributed by atoms with Crippen LogP contribution in [0.15, 0.2) is 47.2 Å². The number of hydrogen-bond acceptors (Lipinski definition) is 6. The number of carbonyl (C=O) groups is 2. The van der Waals surface area contributed by atoms with Gasteiger partial charge in [0.1, 0.15) is 5.76 Å². The lowest BCUT2D eigenvalue weighted by atomic mass is 9.70. The van der Waals surface area contributed by atoms with Crippen LogP contribution in [0.5, 0.6) is 0 Å². The number of methoxy groups -OCH3 is 3. The average Bonchev–Trinajstić information content (AvgIpc) is 2.78. The van der Waals surface area contributed by atoms with Crippen molar-refractivity contribution in [3.63, 3.8) is 0 Å². The van der Waals surface area contributed by atoms with E-state index >= 15 is 0 Å². The lowest BCUT2D eigenvalue weighted by Crippen LogP contribution is -2.10. The third-order valence-electron chi connectivity index (χ3n) is 3.39. The van der Waals surface area contributed by atoms with Crippen LogP contribution in [0.25, 0.3) is 0 Å². The molecule has 0 aromatic rings. The SMILES string of the molecule is CBC1=CC(/C=C/C(=O)OC)=CC(OC)C=C1OCCC(=O)OC. The molecule has 0 saturated carbocycles. The highest BCUT2D eigenvalue weighted by Crippen LogP contribution is 2.21. The zero-order valence-corrected chi connectivity index (χ0v) is 14.5. The fourth-order valence-corrected chi connectivity index (χ4v) is 2.05. The highest BCUT2D eigenvalue weighted by Gasteiger charge is 2.15. The largest absolute Gasteiger partial charge is 0.494 e. The van der Waals surface area contributed by atoms with E-state index in [2.05, 4.69) is 9.47 Å². The molecule has 0 aromatic heterocycles. The van der Waals surface area contributed by atoms with Gasteiger partial charge >= 0.3 is 11.9 Å². The summed E-state index contributed by atoms with van der Waals surface area (Å²) in [5.41, 5.74) is 1.76. The van der Waals surface area contributed by atoms with E-state index in [0.29, 0.717) is 5.76 Å². The first kappa shape index (κ1) is 19.8. The zero-order valence-electron chi connectivity index (χ0n) is 14.5. The van der Waals surface area contributed by atoms with Crippen molar-refractivity contribution in [2.75, 3.05) is 27.9 Å². The Kier molecular flexibility index (Phi) is 8.64. The molecule has 130 valence electrons. The van der Waals surface area contributed by atoms with E-state index in [4.69, 9.17) is 9.47 Å². The smallest absolute Gasteiger partial charge is 0.330 e. The molecule has 6 nitrogen and oxygen atoms in total. The molecule has 1 rings (SSSR count). The molecule has 0 saturated heterocycles. The van der Waals surface area contributed by atoms with E-state index in [1.54, 1.807) is 13.2 Å². The highest BCUT2D eigenvalue weighted by atomic mass is 16.5. The van der Waals surface area contributed by atoms with Crippen LogP contribution in [0, 0.1) is 0 Å². The summed E-state index contributed by atoms with van der Waals surface area (Å²) in [5.74, 6) is -0.0941. The third kappa shape index (κ3) is 6.46. The zero-order chi connectivity index (χ0) is 17.9. The quantitative estimate of drug-likeness (QED) is 0.381. The molecule has 0 fully saturated rings. The maximum atomic E-state index is 11.3. The van der Waals surface area contributed by atoms with Gasteiger partial charge in [-0.15, -0.1) is 0 Å². The van der Waals surface area contributed by atoms with Crippen LogP contribution in [-0.4, -0.2) is 53.3 Å². The molecule has 0 amide bonds. The van der Waals surface area contributed by atoms with Crippen LogP contribution in [0.2, 0.25) is 6.82 Å². The van der Waals surface area contributed by atoms with Gasteiger partial charge in [0.15, 0.2) is 7.28 Å². The van der Waals surface area contributed by atoms with Crippen LogP contribution in [0.1, 0.15) is 6.42 Å². The molecular formula is C17H23BO6. The topological polar surface area (TPSA) is 71.1 Å². The van der Waals surface area contributed by atoms with Gasteiger partial charge in [-0.25, -0.2) is 4.79 Å². The predicted molar refractivity (Wildman–Crippen MR) is 91.8 cm³/mol. The van der Waals surface area contributed by atoms with Gasteiger partial charge in [-0.1, -0.05) is 12.9 Å². The lowest BCUT2D eigenvalue weighted by molar-refractivity contribution is -0.141. The highest BCUT2D eigenvalue weighted by molar-refractivity contribution is 6.45. The minimum absolute atomic E-state index is 0.172. The van der Waals surface area contributed by atoms with Gasteiger partial charge in [0.05, 0.1) is 33.4 Å². The summed E-state index contributed by atoms with van der Waals surface area (Å²) in [6.07, 6.45) is 8.50. The van der Waals surface area contributed by atoms with Gasteiger partial charge in [0.25, 0.3) is 0 Å². The molecule has 0 N–H and O–H groups in total. The van der Waals surface area contributed by atoms with Crippen molar-refractivity contribution in [1.29, 1.82) is 0 Å². The van der Waals surface area contributed by atoms with Gasteiger partial charge in [-0.3, -0.25) is 4.79 Å². The standard InChI is InChI=1S/C17H23BO6/c1-18-14-10-12(5-6-16(19)22-3)9-13(21-2)11-15(14)24-8-7-17(20)23-4/h5-6,9-11,13,18H,7-8H2,1-4H3/b6-5+. The molecule has 1 atom stereocenters. The van der Waals surface area contributed by atoms with Gasteiger partial charge in [-0.05, 0) is 29.3 Å². The van der Waals surface area contributed by atoms with Gasteiger partial charge < -0.3 is 18.9 Å². The first-order valence-corrected chi connectivity index (χ1v) is 7.67. The number of allylic oxidation sites excluding steroid dienone is 4. The summed E-state index contributed by atoms with van der Waals surface area (Å²) in [7, 11) is 4.98. The number of rotatable bonds is 8. The molecule has 0 bridgehead atoms. The second-order valence-corrected chi connectivity index (χ2v) is 4.95. The Bertz CT molecular complexity index is 574. The summed E-state index contributed by atoms with van der Waals surface area (Å²) in [4.78, 5) is 22.5. The van der Waals surface area contributed by atoms with Gasteiger partial charge in [-0.2, -0.15) is 0 Å². The Morgan fingerprint density at radius 3 is 2.54 bits per heavy atom. The maximum absolute atomic E-state index is 11.3. The van der Waals surface area contributed by atoms with Crippen LogP contribution >= 0.6 is 0 Å². The van der Waals surface area contributed by atoms with Crippen molar-refractivity contribution in [3.8, 4) is 0 Å². The van der Waals surface area contributed by atoms with Crippen molar-refractivity contribution >= 4 is 19.2 Å². The van der Waals surface area contributed by atoms with E-state index < -0.39 is 5.97 Å². The summed E-state index contributed by atoms with van der Waals surface area (Å²) in [5, 5.41) is 0. The number of ether oxygens (including phenoxy) is 4. The Labute approximate surface area is 143 Å². The van der Waals surface area contributed by atoms with E-state index in [1.807, 2.05) is 25.1 Å². The molecule has 7 heteroatoms. The van der Waals surface area contributed by atoms with Crippen molar-refractivity contribution in [2.24, 2.45) is 0 Å². The van der Waals surface area contributed by atoms with Crippen molar-refractivity contribution in [2.45, 2.75) is 19.3 Å². The predicted octanol–water partition coefficient (Wildman–Crippen LogP) is 1.50. The number of esters is 2. The fourth-order valence-electron chi connectivity index (χ4n) is 2.05. The number of hydrogen-bond donors (Lipinski definition) is 0. The average molecular weight is 334 g/mol. The van der Waals surface area contributed by atoms with E-state index in [-0.39, 0.29) is 25.1 Å². The molecule has 1 aliphatic rings. The molecule has 0 radical (unpaired) electrons. The normalized spacial score (nSPS) is 17.3. The van der Waals surface area contributed by atoms with Crippen LogP contribution in [0.4, 0.5) is 0 Å². The maximum Gasteiger partial charge on any atom is 0.330 e. The Morgan fingerprint density at radius 1 is 1.21 bits per heavy atom. The summed E-state index contributed by atoms with van der Waals surface area (Å²) < 4.78 is 20.3. The van der Waals surface area contributed by atoms with Gasteiger partial charge in [0.2, 0.25) is 0 Å². The van der Waals surface area contributed by atoms with Crippen LogP contribution in [-0.2, 0) is 28.5 Å². The monoisotopic (exact) mass is 334 g/mol.